The number of pyridine rings is 1. The van der Waals surface area contributed by atoms with Gasteiger partial charge in [0.2, 0.25) is 17.6 Å². The summed E-state index contributed by atoms with van der Waals surface area (Å²) < 4.78 is 0. The van der Waals surface area contributed by atoms with E-state index in [9.17, 15) is 9.59 Å². The Balaban J connectivity index is 1.43. The summed E-state index contributed by atoms with van der Waals surface area (Å²) in [5, 5.41) is 17.8. The summed E-state index contributed by atoms with van der Waals surface area (Å²) >= 11 is 1.54. The van der Waals surface area contributed by atoms with Crippen molar-refractivity contribution in [3.05, 3.63) is 82.8 Å². The number of carbonyl (C=O) groups is 2. The lowest BCUT2D eigenvalue weighted by molar-refractivity contribution is -0.143. The van der Waals surface area contributed by atoms with Gasteiger partial charge in [0.15, 0.2) is 6.04 Å². The second kappa shape index (κ2) is 11.9. The van der Waals surface area contributed by atoms with Crippen molar-refractivity contribution >= 4 is 23.2 Å². The van der Waals surface area contributed by atoms with Gasteiger partial charge in [-0.3, -0.25) is 14.6 Å². The molecule has 37 heavy (non-hydrogen) atoms. The third-order valence-corrected chi connectivity index (χ3v) is 7.33. The Kier molecular flexibility index (Phi) is 7.95. The number of aromatic nitrogens is 5. The second-order valence-corrected chi connectivity index (χ2v) is 10.1. The smallest absolute Gasteiger partial charge is 0.249 e. The molecule has 2 amide bonds. The van der Waals surface area contributed by atoms with Crippen molar-refractivity contribution in [2.75, 3.05) is 0 Å². The van der Waals surface area contributed by atoms with Crippen LogP contribution in [0.25, 0.3) is 11.4 Å². The van der Waals surface area contributed by atoms with Crippen molar-refractivity contribution in [3.63, 3.8) is 0 Å². The first-order chi connectivity index (χ1) is 18.2. The molecule has 0 radical (unpaired) electrons. The van der Waals surface area contributed by atoms with E-state index >= 15 is 0 Å². The van der Waals surface area contributed by atoms with Crippen LogP contribution < -0.4 is 5.32 Å². The molecule has 1 N–H and O–H groups in total. The number of carbonyl (C=O) groups excluding carboxylic acids is 2. The zero-order valence-electron chi connectivity index (χ0n) is 20.4. The average molecular weight is 516 g/mol. The maximum atomic E-state index is 13.8. The number of hydrogen-bond donors (Lipinski definition) is 1. The minimum Gasteiger partial charge on any atom is -0.351 e. The van der Waals surface area contributed by atoms with E-state index < -0.39 is 6.04 Å². The molecule has 3 aromatic heterocycles. The van der Waals surface area contributed by atoms with E-state index in [1.807, 2.05) is 53.9 Å². The first-order valence-corrected chi connectivity index (χ1v) is 13.4. The molecule has 5 rings (SSSR count). The number of rotatable bonds is 9. The van der Waals surface area contributed by atoms with E-state index in [1.165, 1.54) is 22.6 Å². The highest BCUT2D eigenvalue weighted by Gasteiger charge is 2.34. The van der Waals surface area contributed by atoms with Gasteiger partial charge in [0.1, 0.15) is 6.54 Å². The monoisotopic (exact) mass is 515 g/mol. The molecular formula is C27H29N7O2S. The molecule has 1 aromatic carbocycles. The standard InChI is InChI=1S/C27H29N7O2S/c35-24(19-34-31-26(30-32-34)20-10-3-1-4-11-20)33(18-22-14-9-17-37-22)25(23-15-7-8-16-28-23)27(36)29-21-12-5-2-6-13-21/h1,3-4,7-11,14-17,21,25H,2,5-6,12-13,18-19H2,(H,29,36). The second-order valence-electron chi connectivity index (χ2n) is 9.11. The highest BCUT2D eigenvalue weighted by molar-refractivity contribution is 7.09. The topological polar surface area (TPSA) is 106 Å². The first-order valence-electron chi connectivity index (χ1n) is 12.5. The molecule has 190 valence electrons. The normalized spacial score (nSPS) is 14.7. The average Bonchev–Trinajstić information content (AvgIpc) is 3.62. The van der Waals surface area contributed by atoms with Crippen molar-refractivity contribution in [2.45, 2.75) is 57.3 Å². The number of nitrogens with one attached hydrogen (secondary N) is 1. The third kappa shape index (κ3) is 6.26. The van der Waals surface area contributed by atoms with Gasteiger partial charge in [-0.05, 0) is 41.6 Å². The largest absolute Gasteiger partial charge is 0.351 e. The highest BCUT2D eigenvalue weighted by Crippen LogP contribution is 2.26. The molecule has 1 aliphatic carbocycles. The predicted molar refractivity (Wildman–Crippen MR) is 140 cm³/mol. The van der Waals surface area contributed by atoms with Gasteiger partial charge in [0.05, 0.1) is 12.2 Å². The van der Waals surface area contributed by atoms with Crippen molar-refractivity contribution in [1.29, 1.82) is 0 Å². The molecule has 0 aliphatic heterocycles. The van der Waals surface area contributed by atoms with Crippen LogP contribution in [0.15, 0.2) is 72.2 Å². The maximum absolute atomic E-state index is 13.8. The summed E-state index contributed by atoms with van der Waals surface area (Å²) in [4.78, 5) is 35.8. The number of nitrogens with zero attached hydrogens (tertiary/aromatic N) is 6. The van der Waals surface area contributed by atoms with Gasteiger partial charge in [-0.2, -0.15) is 4.80 Å². The van der Waals surface area contributed by atoms with Gasteiger partial charge in [0, 0.05) is 22.7 Å². The number of tetrazole rings is 1. The summed E-state index contributed by atoms with van der Waals surface area (Å²) in [5.74, 6) is -0.0681. The molecule has 1 saturated carbocycles. The molecule has 1 unspecified atom stereocenters. The Hall–Kier alpha value is -3.92. The van der Waals surface area contributed by atoms with Crippen LogP contribution in [-0.4, -0.2) is 47.9 Å². The molecule has 9 nitrogen and oxygen atoms in total. The Bertz CT molecular complexity index is 1290. The molecule has 1 atom stereocenters. The molecule has 0 bridgehead atoms. The maximum Gasteiger partial charge on any atom is 0.249 e. The van der Waals surface area contributed by atoms with E-state index in [2.05, 4.69) is 25.7 Å². The number of benzene rings is 1. The van der Waals surface area contributed by atoms with Crippen LogP contribution in [0.4, 0.5) is 0 Å². The molecule has 0 spiro atoms. The zero-order valence-corrected chi connectivity index (χ0v) is 21.3. The van der Waals surface area contributed by atoms with E-state index in [-0.39, 0.29) is 30.9 Å². The van der Waals surface area contributed by atoms with E-state index in [4.69, 9.17) is 0 Å². The molecule has 1 aliphatic rings. The highest BCUT2D eigenvalue weighted by atomic mass is 32.1. The Morgan fingerprint density at radius 1 is 1.03 bits per heavy atom. The van der Waals surface area contributed by atoms with Crippen molar-refractivity contribution in [3.8, 4) is 11.4 Å². The third-order valence-electron chi connectivity index (χ3n) is 6.47. The van der Waals surface area contributed by atoms with Gasteiger partial charge in [-0.15, -0.1) is 21.5 Å². The predicted octanol–water partition coefficient (Wildman–Crippen LogP) is 4.02. The lowest BCUT2D eigenvalue weighted by Crippen LogP contribution is -2.47. The van der Waals surface area contributed by atoms with E-state index in [0.29, 0.717) is 11.5 Å². The van der Waals surface area contributed by atoms with Crippen LogP contribution in [0.5, 0.6) is 0 Å². The summed E-state index contributed by atoms with van der Waals surface area (Å²) in [6, 6.07) is 18.0. The van der Waals surface area contributed by atoms with Gasteiger partial charge in [-0.1, -0.05) is 61.7 Å². The molecule has 4 aromatic rings. The fourth-order valence-electron chi connectivity index (χ4n) is 4.62. The summed E-state index contributed by atoms with van der Waals surface area (Å²) in [6.07, 6.45) is 6.93. The molecule has 1 fully saturated rings. The van der Waals surface area contributed by atoms with Gasteiger partial charge in [-0.25, -0.2) is 0 Å². The lowest BCUT2D eigenvalue weighted by Gasteiger charge is -2.32. The number of amides is 2. The molecular weight excluding hydrogens is 486 g/mol. The number of thiophene rings is 1. The van der Waals surface area contributed by atoms with Crippen molar-refractivity contribution in [1.82, 2.24) is 35.4 Å². The minimum atomic E-state index is -0.880. The van der Waals surface area contributed by atoms with Gasteiger partial charge in [0.25, 0.3) is 0 Å². The first kappa shape index (κ1) is 24.8. The van der Waals surface area contributed by atoms with Crippen molar-refractivity contribution in [2.24, 2.45) is 0 Å². The lowest BCUT2D eigenvalue weighted by atomic mass is 9.95. The fraction of sp³-hybridized carbons (Fsp3) is 0.333. The Labute approximate surface area is 219 Å². The SMILES string of the molecule is O=C(NC1CCCCC1)C(c1ccccn1)N(Cc1cccs1)C(=O)Cn1nnc(-c2ccccc2)n1. The molecule has 0 saturated heterocycles. The fourth-order valence-corrected chi connectivity index (χ4v) is 5.32. The zero-order chi connectivity index (χ0) is 25.5. The minimum absolute atomic E-state index is 0.108. The van der Waals surface area contributed by atoms with Crippen LogP contribution in [0.2, 0.25) is 0 Å². The van der Waals surface area contributed by atoms with Gasteiger partial charge >= 0.3 is 0 Å². The van der Waals surface area contributed by atoms with E-state index in [0.717, 1.165) is 36.1 Å². The quantitative estimate of drug-likeness (QED) is 0.361. The van der Waals surface area contributed by atoms with Crippen LogP contribution >= 0.6 is 11.3 Å². The molecule has 10 heteroatoms. The van der Waals surface area contributed by atoms with Crippen LogP contribution in [0, 0.1) is 0 Å². The van der Waals surface area contributed by atoms with Crippen LogP contribution in [0.3, 0.4) is 0 Å². The number of hydrogen-bond acceptors (Lipinski definition) is 7. The van der Waals surface area contributed by atoms with Crippen LogP contribution in [0.1, 0.15) is 48.7 Å². The van der Waals surface area contributed by atoms with Crippen LogP contribution in [-0.2, 0) is 22.7 Å². The summed E-state index contributed by atoms with van der Waals surface area (Å²) in [5.41, 5.74) is 1.34. The Morgan fingerprint density at radius 2 is 1.84 bits per heavy atom. The Morgan fingerprint density at radius 3 is 2.57 bits per heavy atom. The molecule has 3 heterocycles. The summed E-state index contributed by atoms with van der Waals surface area (Å²) in [7, 11) is 0. The summed E-state index contributed by atoms with van der Waals surface area (Å²) in [6.45, 7) is 0.126. The van der Waals surface area contributed by atoms with E-state index in [1.54, 1.807) is 23.2 Å². The van der Waals surface area contributed by atoms with Crippen molar-refractivity contribution < 1.29 is 9.59 Å². The van der Waals surface area contributed by atoms with Gasteiger partial charge < -0.3 is 10.2 Å².